The van der Waals surface area contributed by atoms with Crippen LogP contribution in [-0.2, 0) is 11.3 Å². The van der Waals surface area contributed by atoms with Crippen LogP contribution in [0.25, 0.3) is 11.4 Å². The summed E-state index contributed by atoms with van der Waals surface area (Å²) in [6, 6.07) is 29.4. The molecule has 6 heteroatoms. The van der Waals surface area contributed by atoms with Gasteiger partial charge in [-0.15, -0.1) is 10.2 Å². The third-order valence-electron chi connectivity index (χ3n) is 4.77. The quantitative estimate of drug-likeness (QED) is 0.510. The van der Waals surface area contributed by atoms with E-state index >= 15 is 0 Å². The van der Waals surface area contributed by atoms with Gasteiger partial charge in [0.25, 0.3) is 0 Å². The Morgan fingerprint density at radius 2 is 1.38 bits per heavy atom. The van der Waals surface area contributed by atoms with Crippen LogP contribution in [0.2, 0.25) is 0 Å². The Kier molecular flexibility index (Phi) is 5.42. The topological polar surface area (TPSA) is 63.9 Å². The molecule has 1 heterocycles. The fraction of sp³-hybridized carbons (Fsp3) is 0.130. The van der Waals surface area contributed by atoms with E-state index in [2.05, 4.69) is 15.4 Å². The minimum atomic E-state index is -0.193. The lowest BCUT2D eigenvalue weighted by Gasteiger charge is -2.29. The standard InChI is InChI=1S/C23H21N5O/c1-27(22(18-11-5-2-6-12-18)19-13-7-3-8-14-19)21(29)17-28-25-23(24-26-28)20-15-9-4-10-16-20/h2-16,22H,17H2,1H3. The molecule has 1 aromatic heterocycles. The van der Waals surface area contributed by atoms with Crippen molar-refractivity contribution in [3.63, 3.8) is 0 Å². The van der Waals surface area contributed by atoms with E-state index in [0.29, 0.717) is 5.82 Å². The number of tetrazole rings is 1. The normalized spacial score (nSPS) is 10.8. The molecule has 3 aromatic carbocycles. The van der Waals surface area contributed by atoms with E-state index < -0.39 is 0 Å². The second-order valence-electron chi connectivity index (χ2n) is 6.74. The van der Waals surface area contributed by atoms with E-state index in [1.54, 1.807) is 4.90 Å². The van der Waals surface area contributed by atoms with E-state index in [-0.39, 0.29) is 18.5 Å². The Hall–Kier alpha value is -3.80. The first-order valence-corrected chi connectivity index (χ1v) is 9.41. The van der Waals surface area contributed by atoms with Gasteiger partial charge in [0.1, 0.15) is 6.54 Å². The number of benzene rings is 3. The summed E-state index contributed by atoms with van der Waals surface area (Å²) in [4.78, 5) is 16.1. The van der Waals surface area contributed by atoms with Crippen molar-refractivity contribution in [1.82, 2.24) is 25.1 Å². The summed E-state index contributed by atoms with van der Waals surface area (Å²) < 4.78 is 0. The van der Waals surface area contributed by atoms with Gasteiger partial charge in [-0.05, 0) is 16.3 Å². The fourth-order valence-electron chi connectivity index (χ4n) is 3.30. The molecule has 1 amide bonds. The molecule has 29 heavy (non-hydrogen) atoms. The van der Waals surface area contributed by atoms with Gasteiger partial charge in [-0.3, -0.25) is 4.79 Å². The summed E-state index contributed by atoms with van der Waals surface area (Å²) in [6.07, 6.45) is 0. The second-order valence-corrected chi connectivity index (χ2v) is 6.74. The SMILES string of the molecule is CN(C(=O)Cn1nnc(-c2ccccc2)n1)C(c1ccccc1)c1ccccc1. The van der Waals surface area contributed by atoms with E-state index in [1.807, 2.05) is 98.0 Å². The van der Waals surface area contributed by atoms with Crippen molar-refractivity contribution < 1.29 is 4.79 Å². The molecule has 0 aliphatic heterocycles. The van der Waals surface area contributed by atoms with Crippen LogP contribution < -0.4 is 0 Å². The van der Waals surface area contributed by atoms with Crippen LogP contribution in [0.5, 0.6) is 0 Å². The minimum absolute atomic E-state index is 0.0203. The molecule has 0 radical (unpaired) electrons. The Morgan fingerprint density at radius 1 is 0.862 bits per heavy atom. The number of hydrogen-bond acceptors (Lipinski definition) is 4. The van der Waals surface area contributed by atoms with Gasteiger partial charge in [0.05, 0.1) is 6.04 Å². The Bertz CT molecular complexity index is 1020. The zero-order valence-electron chi connectivity index (χ0n) is 16.1. The van der Waals surface area contributed by atoms with Crippen molar-refractivity contribution in [2.45, 2.75) is 12.6 Å². The van der Waals surface area contributed by atoms with Gasteiger partial charge in [0.2, 0.25) is 11.7 Å². The summed E-state index contributed by atoms with van der Waals surface area (Å²) in [5.74, 6) is 0.406. The van der Waals surface area contributed by atoms with Gasteiger partial charge in [0.15, 0.2) is 0 Å². The number of amides is 1. The number of rotatable bonds is 6. The maximum absolute atomic E-state index is 13.0. The van der Waals surface area contributed by atoms with E-state index in [0.717, 1.165) is 16.7 Å². The molecule has 0 aliphatic carbocycles. The number of carbonyl (C=O) groups excluding carboxylic acids is 1. The average molecular weight is 383 g/mol. The Labute approximate surface area is 169 Å². The lowest BCUT2D eigenvalue weighted by molar-refractivity contribution is -0.132. The zero-order valence-corrected chi connectivity index (χ0v) is 16.1. The highest BCUT2D eigenvalue weighted by atomic mass is 16.2. The molecule has 6 nitrogen and oxygen atoms in total. The summed E-state index contributed by atoms with van der Waals surface area (Å²) >= 11 is 0. The number of aromatic nitrogens is 4. The third-order valence-corrected chi connectivity index (χ3v) is 4.77. The summed E-state index contributed by atoms with van der Waals surface area (Å²) in [5.41, 5.74) is 2.96. The van der Waals surface area contributed by atoms with E-state index in [9.17, 15) is 4.79 Å². The van der Waals surface area contributed by atoms with E-state index in [1.165, 1.54) is 4.80 Å². The van der Waals surface area contributed by atoms with Crippen molar-refractivity contribution in [2.24, 2.45) is 0 Å². The molecule has 0 fully saturated rings. The largest absolute Gasteiger partial charge is 0.333 e. The first-order valence-electron chi connectivity index (χ1n) is 9.41. The second kappa shape index (κ2) is 8.48. The molecule has 0 saturated heterocycles. The molecule has 0 saturated carbocycles. The number of hydrogen-bond donors (Lipinski definition) is 0. The Morgan fingerprint density at radius 3 is 1.93 bits per heavy atom. The van der Waals surface area contributed by atoms with Gasteiger partial charge < -0.3 is 4.90 Å². The molecule has 0 bridgehead atoms. The van der Waals surface area contributed by atoms with Gasteiger partial charge in [-0.1, -0.05) is 91.0 Å². The molecule has 0 unspecified atom stereocenters. The summed E-state index contributed by atoms with van der Waals surface area (Å²) in [6.45, 7) is 0.0203. The molecule has 4 aromatic rings. The highest BCUT2D eigenvalue weighted by Gasteiger charge is 2.24. The van der Waals surface area contributed by atoms with Crippen LogP contribution >= 0.6 is 0 Å². The van der Waals surface area contributed by atoms with Gasteiger partial charge >= 0.3 is 0 Å². The lowest BCUT2D eigenvalue weighted by atomic mass is 9.97. The fourth-order valence-corrected chi connectivity index (χ4v) is 3.30. The first kappa shape index (κ1) is 18.6. The predicted octanol–water partition coefficient (Wildman–Crippen LogP) is 3.59. The maximum atomic E-state index is 13.0. The van der Waals surface area contributed by atoms with Crippen LogP contribution in [0.1, 0.15) is 17.2 Å². The Balaban J connectivity index is 1.56. The molecule has 144 valence electrons. The lowest BCUT2D eigenvalue weighted by Crippen LogP contribution is -2.35. The minimum Gasteiger partial charge on any atom is -0.333 e. The maximum Gasteiger partial charge on any atom is 0.246 e. The molecular weight excluding hydrogens is 362 g/mol. The van der Waals surface area contributed by atoms with E-state index in [4.69, 9.17) is 0 Å². The van der Waals surface area contributed by atoms with Crippen LogP contribution in [0.15, 0.2) is 91.0 Å². The molecule has 0 N–H and O–H groups in total. The summed E-state index contributed by atoms with van der Waals surface area (Å²) in [7, 11) is 1.81. The number of likely N-dealkylation sites (N-methyl/N-ethyl adjacent to an activating group) is 1. The first-order chi connectivity index (χ1) is 14.2. The molecule has 4 rings (SSSR count). The van der Waals surface area contributed by atoms with Crippen LogP contribution in [0, 0.1) is 0 Å². The number of carbonyl (C=O) groups is 1. The molecule has 0 aliphatic rings. The molecule has 0 atom stereocenters. The van der Waals surface area contributed by atoms with Gasteiger partial charge in [-0.25, -0.2) is 0 Å². The highest BCUT2D eigenvalue weighted by Crippen LogP contribution is 2.27. The van der Waals surface area contributed by atoms with Crippen molar-refractivity contribution >= 4 is 5.91 Å². The van der Waals surface area contributed by atoms with Crippen LogP contribution in [-0.4, -0.2) is 38.1 Å². The predicted molar refractivity (Wildman–Crippen MR) is 111 cm³/mol. The smallest absolute Gasteiger partial charge is 0.246 e. The highest BCUT2D eigenvalue weighted by molar-refractivity contribution is 5.76. The van der Waals surface area contributed by atoms with Gasteiger partial charge in [-0.2, -0.15) is 4.80 Å². The van der Waals surface area contributed by atoms with Crippen molar-refractivity contribution in [3.8, 4) is 11.4 Å². The zero-order chi connectivity index (χ0) is 20.1. The molecule has 0 spiro atoms. The monoisotopic (exact) mass is 383 g/mol. The van der Waals surface area contributed by atoms with Crippen LogP contribution in [0.4, 0.5) is 0 Å². The number of nitrogens with zero attached hydrogens (tertiary/aromatic N) is 5. The van der Waals surface area contributed by atoms with Gasteiger partial charge in [0, 0.05) is 12.6 Å². The summed E-state index contributed by atoms with van der Waals surface area (Å²) in [5, 5.41) is 12.5. The van der Waals surface area contributed by atoms with Crippen LogP contribution in [0.3, 0.4) is 0 Å². The van der Waals surface area contributed by atoms with Crippen molar-refractivity contribution in [1.29, 1.82) is 0 Å². The average Bonchev–Trinajstić information content (AvgIpc) is 3.24. The third kappa shape index (κ3) is 4.21. The van der Waals surface area contributed by atoms with Crippen molar-refractivity contribution in [3.05, 3.63) is 102 Å². The van der Waals surface area contributed by atoms with Crippen molar-refractivity contribution in [2.75, 3.05) is 7.05 Å². The molecular formula is C23H21N5O.